The molecule has 1 fully saturated rings. The van der Waals surface area contributed by atoms with Crippen LogP contribution in [-0.4, -0.2) is 21.8 Å². The first-order valence-corrected chi connectivity index (χ1v) is 9.91. The largest absolute Gasteiger partial charge is 0.507 e. The predicted octanol–water partition coefficient (Wildman–Crippen LogP) is 4.92. The van der Waals surface area contributed by atoms with E-state index < -0.39 is 23.5 Å². The van der Waals surface area contributed by atoms with Gasteiger partial charge in [0.05, 0.1) is 11.6 Å². The summed E-state index contributed by atoms with van der Waals surface area (Å²) in [6, 6.07) is 12.9. The fourth-order valence-corrected chi connectivity index (χ4v) is 3.75. The molecule has 1 unspecified atom stereocenters. The number of halogens is 2. The third kappa shape index (κ3) is 3.41. The third-order valence-corrected chi connectivity index (χ3v) is 5.87. The van der Waals surface area contributed by atoms with Gasteiger partial charge in [-0.25, -0.2) is 4.39 Å². The normalized spacial score (nSPS) is 18.1. The highest BCUT2D eigenvalue weighted by molar-refractivity contribution is 9.10. The number of aliphatic hydroxyl groups excluding tert-OH is 1. The van der Waals surface area contributed by atoms with E-state index in [1.165, 1.54) is 35.4 Å². The van der Waals surface area contributed by atoms with Gasteiger partial charge in [-0.15, -0.1) is 0 Å². The van der Waals surface area contributed by atoms with Crippen LogP contribution >= 0.6 is 15.9 Å². The van der Waals surface area contributed by atoms with Gasteiger partial charge in [-0.2, -0.15) is 0 Å². The van der Waals surface area contributed by atoms with Gasteiger partial charge in [-0.1, -0.05) is 28.1 Å². The predicted molar refractivity (Wildman–Crippen MR) is 114 cm³/mol. The summed E-state index contributed by atoms with van der Waals surface area (Å²) in [7, 11) is 0. The second-order valence-corrected chi connectivity index (χ2v) is 7.75. The minimum atomic E-state index is -0.895. The molecule has 4 rings (SSSR count). The summed E-state index contributed by atoms with van der Waals surface area (Å²) in [4.78, 5) is 31.3. The Bertz CT molecular complexity index is 1180. The van der Waals surface area contributed by atoms with Crippen molar-refractivity contribution in [2.45, 2.75) is 13.0 Å². The summed E-state index contributed by atoms with van der Waals surface area (Å²) < 4.78 is 14.3. The smallest absolute Gasteiger partial charge is 0.300 e. The molecule has 0 bridgehead atoms. The molecule has 150 valence electrons. The Kier molecular flexibility index (Phi) is 5.22. The molecule has 2 heterocycles. The van der Waals surface area contributed by atoms with Crippen LogP contribution < -0.4 is 4.90 Å². The Labute approximate surface area is 180 Å². The maximum absolute atomic E-state index is 13.4. The lowest BCUT2D eigenvalue weighted by Crippen LogP contribution is -2.29. The van der Waals surface area contributed by atoms with Crippen molar-refractivity contribution in [3.8, 4) is 0 Å². The molecule has 5 nitrogen and oxygen atoms in total. The van der Waals surface area contributed by atoms with Gasteiger partial charge in [-0.3, -0.25) is 19.5 Å². The van der Waals surface area contributed by atoms with Crippen LogP contribution in [0.2, 0.25) is 0 Å². The van der Waals surface area contributed by atoms with Crippen molar-refractivity contribution in [2.75, 3.05) is 4.90 Å². The van der Waals surface area contributed by atoms with Gasteiger partial charge in [0.15, 0.2) is 0 Å². The summed E-state index contributed by atoms with van der Waals surface area (Å²) in [5.74, 6) is -2.35. The Morgan fingerprint density at radius 3 is 2.50 bits per heavy atom. The zero-order valence-corrected chi connectivity index (χ0v) is 17.4. The molecule has 1 aromatic heterocycles. The number of hydrogen-bond acceptors (Lipinski definition) is 4. The second-order valence-electron chi connectivity index (χ2n) is 6.90. The van der Waals surface area contributed by atoms with Gasteiger partial charge in [0.25, 0.3) is 11.7 Å². The van der Waals surface area contributed by atoms with E-state index in [1.807, 2.05) is 6.92 Å². The number of carbonyl (C=O) groups is 2. The minimum absolute atomic E-state index is 0.0425. The number of amides is 1. The van der Waals surface area contributed by atoms with Crippen LogP contribution in [0, 0.1) is 12.7 Å². The van der Waals surface area contributed by atoms with E-state index >= 15 is 0 Å². The highest BCUT2D eigenvalue weighted by Gasteiger charge is 2.47. The molecule has 1 aliphatic heterocycles. The van der Waals surface area contributed by atoms with E-state index in [2.05, 4.69) is 20.9 Å². The Hall–Kier alpha value is -3.32. The molecule has 1 N–H and O–H groups in total. The Balaban J connectivity index is 1.94. The lowest BCUT2D eigenvalue weighted by atomic mass is 9.95. The van der Waals surface area contributed by atoms with Crippen LogP contribution in [0.25, 0.3) is 5.76 Å². The van der Waals surface area contributed by atoms with Crippen molar-refractivity contribution in [3.05, 3.63) is 99.5 Å². The Morgan fingerprint density at radius 1 is 1.13 bits per heavy atom. The molecule has 7 heteroatoms. The standard InChI is InChI=1S/C23H16BrFN2O3/c1-13-11-14(4-9-18(13)24)21(28)19-20(15-3-2-10-26-12-15)27(23(30)22(19)29)17-7-5-16(25)6-8-17/h2-12,20,28H,1H3/b21-19-. The van der Waals surface area contributed by atoms with Gasteiger partial charge in [-0.05, 0) is 60.5 Å². The summed E-state index contributed by atoms with van der Waals surface area (Å²) >= 11 is 3.41. The summed E-state index contributed by atoms with van der Waals surface area (Å²) in [5, 5.41) is 11.0. The molecule has 1 saturated heterocycles. The van der Waals surface area contributed by atoms with Crippen molar-refractivity contribution >= 4 is 39.1 Å². The van der Waals surface area contributed by atoms with Crippen LogP contribution in [0.1, 0.15) is 22.7 Å². The van der Waals surface area contributed by atoms with Crippen LogP contribution in [0.5, 0.6) is 0 Å². The number of rotatable bonds is 3. The van der Waals surface area contributed by atoms with Crippen molar-refractivity contribution < 1.29 is 19.1 Å². The molecule has 0 radical (unpaired) electrons. The van der Waals surface area contributed by atoms with Crippen molar-refractivity contribution in [1.82, 2.24) is 4.98 Å². The summed E-state index contributed by atoms with van der Waals surface area (Å²) in [5.41, 5.74) is 2.14. The van der Waals surface area contributed by atoms with Crippen molar-refractivity contribution in [3.63, 3.8) is 0 Å². The number of aromatic nitrogens is 1. The molecule has 30 heavy (non-hydrogen) atoms. The lowest BCUT2D eigenvalue weighted by Gasteiger charge is -2.25. The van der Waals surface area contributed by atoms with E-state index in [1.54, 1.807) is 36.5 Å². The summed E-state index contributed by atoms with van der Waals surface area (Å²) in [6.45, 7) is 1.86. The monoisotopic (exact) mass is 466 g/mol. The second kappa shape index (κ2) is 7.84. The van der Waals surface area contributed by atoms with Gasteiger partial charge < -0.3 is 5.11 Å². The molecule has 2 aromatic carbocycles. The minimum Gasteiger partial charge on any atom is -0.507 e. The van der Waals surface area contributed by atoms with E-state index in [0.29, 0.717) is 16.8 Å². The molecular weight excluding hydrogens is 451 g/mol. The molecule has 0 saturated carbocycles. The number of benzene rings is 2. The maximum Gasteiger partial charge on any atom is 0.300 e. The third-order valence-electron chi connectivity index (χ3n) is 4.98. The number of aliphatic hydroxyl groups is 1. The zero-order chi connectivity index (χ0) is 21.4. The number of ketones is 1. The van der Waals surface area contributed by atoms with Gasteiger partial charge >= 0.3 is 0 Å². The molecule has 3 aromatic rings. The molecule has 0 aliphatic carbocycles. The zero-order valence-electron chi connectivity index (χ0n) is 15.8. The van der Waals surface area contributed by atoms with Gasteiger partial charge in [0, 0.05) is 28.1 Å². The molecule has 1 amide bonds. The number of anilines is 1. The Morgan fingerprint density at radius 2 is 1.87 bits per heavy atom. The fourth-order valence-electron chi connectivity index (χ4n) is 3.50. The number of Topliss-reactive ketones (excluding diaryl/α,β-unsaturated/α-hetero) is 1. The number of nitrogens with zero attached hydrogens (tertiary/aromatic N) is 2. The van der Waals surface area contributed by atoms with Gasteiger partial charge in [0.1, 0.15) is 11.6 Å². The summed E-state index contributed by atoms with van der Waals surface area (Å²) in [6.07, 6.45) is 3.11. The molecule has 1 aliphatic rings. The number of aryl methyl sites for hydroxylation is 1. The fraction of sp³-hybridized carbons (Fsp3) is 0.0870. The van der Waals surface area contributed by atoms with Crippen LogP contribution in [-0.2, 0) is 9.59 Å². The van der Waals surface area contributed by atoms with Crippen LogP contribution in [0.15, 0.2) is 77.0 Å². The SMILES string of the molecule is Cc1cc(/C(O)=C2/C(=O)C(=O)N(c3ccc(F)cc3)C2c2cccnc2)ccc1Br. The van der Waals surface area contributed by atoms with Crippen LogP contribution in [0.3, 0.4) is 0 Å². The average Bonchev–Trinajstić information content (AvgIpc) is 3.02. The maximum atomic E-state index is 13.4. The quantitative estimate of drug-likeness (QED) is 0.338. The number of pyridine rings is 1. The van der Waals surface area contributed by atoms with Crippen molar-refractivity contribution in [1.29, 1.82) is 0 Å². The first-order valence-electron chi connectivity index (χ1n) is 9.11. The van der Waals surface area contributed by atoms with Crippen LogP contribution in [0.4, 0.5) is 10.1 Å². The molecule has 1 atom stereocenters. The molecule has 0 spiro atoms. The number of carbonyl (C=O) groups excluding carboxylic acids is 2. The topological polar surface area (TPSA) is 70.5 Å². The van der Waals surface area contributed by atoms with E-state index in [9.17, 15) is 19.1 Å². The average molecular weight is 467 g/mol. The highest BCUT2D eigenvalue weighted by Crippen LogP contribution is 2.42. The van der Waals surface area contributed by atoms with E-state index in [-0.39, 0.29) is 11.3 Å². The van der Waals surface area contributed by atoms with E-state index in [0.717, 1.165) is 10.0 Å². The lowest BCUT2D eigenvalue weighted by molar-refractivity contribution is -0.132. The van der Waals surface area contributed by atoms with E-state index in [4.69, 9.17) is 0 Å². The van der Waals surface area contributed by atoms with Crippen molar-refractivity contribution in [2.24, 2.45) is 0 Å². The number of hydrogen-bond donors (Lipinski definition) is 1. The molecular formula is C23H16BrFN2O3. The first-order chi connectivity index (χ1) is 14.4. The van der Waals surface area contributed by atoms with Gasteiger partial charge in [0.2, 0.25) is 0 Å². The highest BCUT2D eigenvalue weighted by atomic mass is 79.9. The first kappa shape index (κ1) is 20.0.